The number of benzene rings is 1. The molecule has 0 amide bonds. The van der Waals surface area contributed by atoms with E-state index in [-0.39, 0.29) is 22.4 Å². The molecule has 6 nitrogen and oxygen atoms in total. The number of carboxylic acid groups (broad SMARTS) is 1. The van der Waals surface area contributed by atoms with Crippen LogP contribution in [0.5, 0.6) is 5.75 Å². The van der Waals surface area contributed by atoms with E-state index in [1.165, 1.54) is 12.1 Å². The molecule has 0 heterocycles. The average Bonchev–Trinajstić information content (AvgIpc) is 2.35. The van der Waals surface area contributed by atoms with Gasteiger partial charge in [-0.3, -0.25) is 0 Å². The van der Waals surface area contributed by atoms with Crippen LogP contribution in [0.4, 0.5) is 0 Å². The van der Waals surface area contributed by atoms with E-state index in [9.17, 15) is 14.7 Å². The van der Waals surface area contributed by atoms with Crippen LogP contribution in [0.15, 0.2) is 24.3 Å². The minimum atomic E-state index is -1.31. The lowest BCUT2D eigenvalue weighted by molar-refractivity contribution is -0.134. The summed E-state index contributed by atoms with van der Waals surface area (Å²) in [5.41, 5.74) is -0.390. The maximum absolute atomic E-state index is 11.1. The first-order valence-corrected chi connectivity index (χ1v) is 4.76. The van der Waals surface area contributed by atoms with Crippen LogP contribution in [0.1, 0.15) is 15.9 Å². The number of aromatic hydroxyl groups is 1. The Balaban J connectivity index is 3.40. The van der Waals surface area contributed by atoms with Gasteiger partial charge in [-0.15, -0.1) is 0 Å². The Kier molecular flexibility index (Phi) is 4.05. The SMILES string of the molecule is COC(=O)C=C(C#N)c1ccc(O)cc1C(=O)O. The number of allylic oxidation sites excluding steroid dienone is 1. The third kappa shape index (κ3) is 2.86. The van der Waals surface area contributed by atoms with E-state index in [1.54, 1.807) is 6.07 Å². The average molecular weight is 247 g/mol. The van der Waals surface area contributed by atoms with Crippen molar-refractivity contribution in [1.29, 1.82) is 5.26 Å². The second-order valence-corrected chi connectivity index (χ2v) is 3.23. The van der Waals surface area contributed by atoms with Gasteiger partial charge in [-0.05, 0) is 18.2 Å². The summed E-state index contributed by atoms with van der Waals surface area (Å²) < 4.78 is 4.36. The van der Waals surface area contributed by atoms with Gasteiger partial charge in [-0.1, -0.05) is 0 Å². The van der Waals surface area contributed by atoms with Crippen LogP contribution >= 0.6 is 0 Å². The number of esters is 1. The van der Waals surface area contributed by atoms with Crippen molar-refractivity contribution >= 4 is 17.5 Å². The van der Waals surface area contributed by atoms with Gasteiger partial charge in [0.2, 0.25) is 0 Å². The van der Waals surface area contributed by atoms with Crippen LogP contribution < -0.4 is 0 Å². The van der Waals surface area contributed by atoms with Gasteiger partial charge in [-0.2, -0.15) is 5.26 Å². The van der Waals surface area contributed by atoms with Crippen LogP contribution in [0.25, 0.3) is 5.57 Å². The molecule has 0 spiro atoms. The summed E-state index contributed by atoms with van der Waals surface area (Å²) in [6, 6.07) is 5.19. The first-order valence-electron chi connectivity index (χ1n) is 4.76. The van der Waals surface area contributed by atoms with Gasteiger partial charge in [0.25, 0.3) is 0 Å². The van der Waals surface area contributed by atoms with E-state index in [0.717, 1.165) is 19.3 Å². The number of phenolic OH excluding ortho intramolecular Hbond substituents is 1. The van der Waals surface area contributed by atoms with Crippen molar-refractivity contribution in [2.24, 2.45) is 0 Å². The summed E-state index contributed by atoms with van der Waals surface area (Å²) in [5.74, 6) is -2.32. The molecule has 6 heteroatoms. The lowest BCUT2D eigenvalue weighted by atomic mass is 10.00. The Bertz CT molecular complexity index is 568. The molecule has 1 aromatic rings. The monoisotopic (exact) mass is 247 g/mol. The molecule has 0 aromatic heterocycles. The molecule has 2 N–H and O–H groups in total. The summed E-state index contributed by atoms with van der Waals surface area (Å²) in [6.45, 7) is 0. The predicted octanol–water partition coefficient (Wildman–Crippen LogP) is 1.17. The largest absolute Gasteiger partial charge is 0.508 e. The summed E-state index contributed by atoms with van der Waals surface area (Å²) in [6.07, 6.45) is 0.888. The normalized spacial score (nSPS) is 10.6. The number of carbonyl (C=O) groups excluding carboxylic acids is 1. The number of carboxylic acids is 1. The van der Waals surface area contributed by atoms with Gasteiger partial charge < -0.3 is 14.9 Å². The highest BCUT2D eigenvalue weighted by atomic mass is 16.5. The molecular weight excluding hydrogens is 238 g/mol. The first kappa shape index (κ1) is 13.3. The highest BCUT2D eigenvalue weighted by Gasteiger charge is 2.15. The highest BCUT2D eigenvalue weighted by molar-refractivity contribution is 6.01. The number of rotatable bonds is 3. The van der Waals surface area contributed by atoms with Gasteiger partial charge in [-0.25, -0.2) is 9.59 Å². The molecule has 0 aliphatic heterocycles. The Morgan fingerprint density at radius 3 is 2.56 bits per heavy atom. The third-order valence-electron chi connectivity index (χ3n) is 2.11. The third-order valence-corrected chi connectivity index (χ3v) is 2.11. The van der Waals surface area contributed by atoms with E-state index >= 15 is 0 Å². The fourth-order valence-corrected chi connectivity index (χ4v) is 1.29. The standard InChI is InChI=1S/C12H9NO5/c1-18-11(15)4-7(6-13)9-3-2-8(14)5-10(9)12(16)17/h2-5,14H,1H3,(H,16,17). The minimum Gasteiger partial charge on any atom is -0.508 e. The van der Waals surface area contributed by atoms with Gasteiger partial charge in [0.15, 0.2) is 0 Å². The quantitative estimate of drug-likeness (QED) is 0.471. The molecule has 0 radical (unpaired) electrons. The lowest BCUT2D eigenvalue weighted by Crippen LogP contribution is -2.03. The van der Waals surface area contributed by atoms with Crippen molar-refractivity contribution in [2.45, 2.75) is 0 Å². The smallest absolute Gasteiger partial charge is 0.336 e. The topological polar surface area (TPSA) is 108 Å². The number of nitriles is 1. The zero-order valence-corrected chi connectivity index (χ0v) is 9.38. The van der Waals surface area contributed by atoms with Gasteiger partial charge in [0, 0.05) is 11.6 Å². The van der Waals surface area contributed by atoms with E-state index in [1.807, 2.05) is 0 Å². The minimum absolute atomic E-state index is 0.0354. The van der Waals surface area contributed by atoms with Crippen molar-refractivity contribution in [3.05, 3.63) is 35.4 Å². The van der Waals surface area contributed by atoms with Crippen LogP contribution in [-0.2, 0) is 9.53 Å². The molecule has 0 aliphatic carbocycles. The predicted molar refractivity (Wildman–Crippen MR) is 60.7 cm³/mol. The van der Waals surface area contributed by atoms with Gasteiger partial charge in [0.1, 0.15) is 11.8 Å². The molecule has 0 aliphatic rings. The number of phenols is 1. The second kappa shape index (κ2) is 5.50. The molecule has 18 heavy (non-hydrogen) atoms. The van der Waals surface area contributed by atoms with E-state index in [4.69, 9.17) is 10.4 Å². The van der Waals surface area contributed by atoms with Crippen LogP contribution in [0.3, 0.4) is 0 Å². The van der Waals surface area contributed by atoms with Crippen molar-refractivity contribution in [3.8, 4) is 11.8 Å². The van der Waals surface area contributed by atoms with E-state index in [2.05, 4.69) is 4.74 Å². The van der Waals surface area contributed by atoms with E-state index < -0.39 is 11.9 Å². The number of hydrogen-bond donors (Lipinski definition) is 2. The van der Waals surface area contributed by atoms with Crippen molar-refractivity contribution in [3.63, 3.8) is 0 Å². The van der Waals surface area contributed by atoms with Crippen LogP contribution in [0.2, 0.25) is 0 Å². The zero-order valence-electron chi connectivity index (χ0n) is 9.38. The summed E-state index contributed by atoms with van der Waals surface area (Å²) in [7, 11) is 1.14. The Morgan fingerprint density at radius 1 is 1.39 bits per heavy atom. The summed E-state index contributed by atoms with van der Waals surface area (Å²) >= 11 is 0. The lowest BCUT2D eigenvalue weighted by Gasteiger charge is -2.05. The fourth-order valence-electron chi connectivity index (χ4n) is 1.29. The number of hydrogen-bond acceptors (Lipinski definition) is 5. The zero-order chi connectivity index (χ0) is 13.7. The molecule has 1 rings (SSSR count). The van der Waals surface area contributed by atoms with Gasteiger partial charge in [0.05, 0.1) is 18.2 Å². The summed E-state index contributed by atoms with van der Waals surface area (Å²) in [4.78, 5) is 22.0. The number of carbonyl (C=O) groups is 2. The molecule has 0 saturated carbocycles. The Hall–Kier alpha value is -2.81. The molecule has 0 fully saturated rings. The van der Waals surface area contributed by atoms with Crippen molar-refractivity contribution in [1.82, 2.24) is 0 Å². The molecule has 0 atom stereocenters. The fraction of sp³-hybridized carbons (Fsp3) is 0.0833. The number of methoxy groups -OCH3 is 1. The first-order chi connectivity index (χ1) is 8.49. The van der Waals surface area contributed by atoms with Crippen molar-refractivity contribution < 1.29 is 24.5 Å². The number of nitrogens with zero attached hydrogens (tertiary/aromatic N) is 1. The summed E-state index contributed by atoms with van der Waals surface area (Å²) in [5, 5.41) is 27.1. The molecule has 1 aromatic carbocycles. The number of ether oxygens (including phenoxy) is 1. The van der Waals surface area contributed by atoms with Crippen LogP contribution in [-0.4, -0.2) is 29.3 Å². The van der Waals surface area contributed by atoms with Crippen molar-refractivity contribution in [2.75, 3.05) is 7.11 Å². The molecule has 0 saturated heterocycles. The second-order valence-electron chi connectivity index (χ2n) is 3.23. The maximum Gasteiger partial charge on any atom is 0.336 e. The molecule has 92 valence electrons. The molecule has 0 unspecified atom stereocenters. The van der Waals surface area contributed by atoms with Crippen LogP contribution in [0, 0.1) is 11.3 Å². The Labute approximate surface area is 102 Å². The highest BCUT2D eigenvalue weighted by Crippen LogP contribution is 2.23. The number of aromatic carboxylic acids is 1. The van der Waals surface area contributed by atoms with E-state index in [0.29, 0.717) is 0 Å². The molecular formula is C12H9NO5. The molecule has 0 bridgehead atoms. The maximum atomic E-state index is 11.1. The van der Waals surface area contributed by atoms with Gasteiger partial charge >= 0.3 is 11.9 Å². The Morgan fingerprint density at radius 2 is 2.06 bits per heavy atom.